The molecule has 1 saturated heterocycles. The normalized spacial score (nSPS) is 13.8. The maximum Gasteiger partial charge on any atom is 0.259 e. The van der Waals surface area contributed by atoms with E-state index in [2.05, 4.69) is 20.4 Å². The van der Waals surface area contributed by atoms with Crippen molar-refractivity contribution in [1.82, 2.24) is 20.1 Å². The van der Waals surface area contributed by atoms with Crippen LogP contribution in [0.4, 0.5) is 11.6 Å². The van der Waals surface area contributed by atoms with E-state index in [1.165, 1.54) is 0 Å². The number of furan rings is 1. The van der Waals surface area contributed by atoms with Crippen LogP contribution in [0.3, 0.4) is 0 Å². The molecule has 5 aromatic rings. The van der Waals surface area contributed by atoms with Gasteiger partial charge in [-0.2, -0.15) is 0 Å². The monoisotopic (exact) mass is 440 g/mol. The van der Waals surface area contributed by atoms with Gasteiger partial charge in [0.05, 0.1) is 33.9 Å². The lowest BCUT2D eigenvalue weighted by molar-refractivity contribution is 0.102. The molecule has 0 unspecified atom stereocenters. The Hall–Kier alpha value is -4.27. The minimum absolute atomic E-state index is 0.274. The fraction of sp³-hybridized carbons (Fsp3) is 0.208. The van der Waals surface area contributed by atoms with Gasteiger partial charge >= 0.3 is 0 Å². The molecule has 164 valence electrons. The molecule has 0 radical (unpaired) electrons. The molecule has 9 heteroatoms. The number of hydrogen-bond donors (Lipinski definition) is 1. The van der Waals surface area contributed by atoms with Crippen LogP contribution in [-0.4, -0.2) is 39.1 Å². The fourth-order valence-corrected chi connectivity index (χ4v) is 4.22. The summed E-state index contributed by atoms with van der Waals surface area (Å²) in [5.74, 6) is 1.30. The van der Waals surface area contributed by atoms with E-state index in [1.807, 2.05) is 24.3 Å². The van der Waals surface area contributed by atoms with Crippen molar-refractivity contribution < 1.29 is 13.7 Å². The molecule has 0 atom stereocenters. The summed E-state index contributed by atoms with van der Waals surface area (Å²) in [6.07, 6.45) is 3.72. The van der Waals surface area contributed by atoms with Crippen molar-refractivity contribution in [3.05, 3.63) is 60.0 Å². The number of nitrogens with one attached hydrogen (secondary N) is 1. The molecular weight excluding hydrogens is 420 g/mol. The number of anilines is 2. The van der Waals surface area contributed by atoms with Crippen molar-refractivity contribution in [3.63, 3.8) is 0 Å². The highest BCUT2D eigenvalue weighted by atomic mass is 16.5. The molecule has 1 aliphatic heterocycles. The average molecular weight is 440 g/mol. The Morgan fingerprint density at radius 1 is 1.03 bits per heavy atom. The molecule has 0 saturated carbocycles. The second-order valence-corrected chi connectivity index (χ2v) is 8.01. The van der Waals surface area contributed by atoms with Crippen molar-refractivity contribution in [2.75, 3.05) is 23.3 Å². The number of carbonyl (C=O) groups excluding carboxylic acids is 1. The summed E-state index contributed by atoms with van der Waals surface area (Å²) in [5.41, 5.74) is 3.23. The van der Waals surface area contributed by atoms with Gasteiger partial charge in [-0.05, 0) is 50.1 Å². The zero-order valence-corrected chi connectivity index (χ0v) is 17.9. The highest BCUT2D eigenvalue weighted by Crippen LogP contribution is 2.31. The zero-order chi connectivity index (χ0) is 22.4. The van der Waals surface area contributed by atoms with E-state index in [0.717, 1.165) is 31.4 Å². The summed E-state index contributed by atoms with van der Waals surface area (Å²) < 4.78 is 10.8. The first-order chi connectivity index (χ1) is 16.2. The maximum absolute atomic E-state index is 13.6. The highest BCUT2D eigenvalue weighted by molar-refractivity contribution is 6.13. The average Bonchev–Trinajstić information content (AvgIpc) is 3.61. The Kier molecular flexibility index (Phi) is 4.53. The van der Waals surface area contributed by atoms with Gasteiger partial charge in [0, 0.05) is 13.1 Å². The number of nitrogens with zero attached hydrogens (tertiary/aromatic N) is 5. The van der Waals surface area contributed by atoms with Crippen LogP contribution in [0, 0.1) is 6.92 Å². The number of rotatable bonds is 4. The third kappa shape index (κ3) is 3.38. The number of benzene rings is 1. The molecule has 1 fully saturated rings. The van der Waals surface area contributed by atoms with Crippen molar-refractivity contribution in [2.24, 2.45) is 0 Å². The first-order valence-corrected chi connectivity index (χ1v) is 10.8. The number of hydrogen-bond acceptors (Lipinski definition) is 8. The number of para-hydroxylation sites is 2. The quantitative estimate of drug-likeness (QED) is 0.432. The Labute approximate surface area is 188 Å². The van der Waals surface area contributed by atoms with Gasteiger partial charge in [0.2, 0.25) is 0 Å². The fourth-order valence-electron chi connectivity index (χ4n) is 4.22. The summed E-state index contributed by atoms with van der Waals surface area (Å²) in [5, 5.41) is 7.56. The molecule has 33 heavy (non-hydrogen) atoms. The van der Waals surface area contributed by atoms with Gasteiger partial charge in [-0.3, -0.25) is 4.79 Å². The van der Waals surface area contributed by atoms with Gasteiger partial charge in [0.1, 0.15) is 5.69 Å². The largest absolute Gasteiger partial charge is 0.463 e. The van der Waals surface area contributed by atoms with Gasteiger partial charge in [-0.25, -0.2) is 15.0 Å². The van der Waals surface area contributed by atoms with Gasteiger partial charge in [-0.1, -0.05) is 17.3 Å². The Balaban J connectivity index is 1.46. The standard InChI is InChI=1S/C24H20N6O3/c1-14-20-15(13-18(19-9-6-12-32-19)27-24(20)33-29-14)23(31)28-21-22(30-10-4-5-11-30)26-17-8-3-2-7-16(17)25-21/h2-3,6-9,12-13H,4-5,10-11H2,1H3,(H,25,28,31). The predicted molar refractivity (Wildman–Crippen MR) is 123 cm³/mol. The molecule has 1 aliphatic rings. The summed E-state index contributed by atoms with van der Waals surface area (Å²) >= 11 is 0. The molecule has 0 bridgehead atoms. The Morgan fingerprint density at radius 3 is 2.58 bits per heavy atom. The van der Waals surface area contributed by atoms with E-state index < -0.39 is 0 Å². The van der Waals surface area contributed by atoms with Crippen molar-refractivity contribution in [3.8, 4) is 11.5 Å². The van der Waals surface area contributed by atoms with Crippen LogP contribution in [0.1, 0.15) is 28.9 Å². The molecule has 4 aromatic heterocycles. The minimum Gasteiger partial charge on any atom is -0.463 e. The SMILES string of the molecule is Cc1noc2nc(-c3ccco3)cc(C(=O)Nc3nc4ccccc4nc3N3CCCC3)c12. The predicted octanol–water partition coefficient (Wildman–Crippen LogP) is 4.59. The second-order valence-electron chi connectivity index (χ2n) is 8.01. The molecule has 5 heterocycles. The van der Waals surface area contributed by atoms with Crippen molar-refractivity contribution in [2.45, 2.75) is 19.8 Å². The molecule has 9 nitrogen and oxygen atoms in total. The Bertz CT molecular complexity index is 1490. The van der Waals surface area contributed by atoms with Gasteiger partial charge in [0.25, 0.3) is 11.6 Å². The van der Waals surface area contributed by atoms with Crippen LogP contribution in [-0.2, 0) is 0 Å². The van der Waals surface area contributed by atoms with E-state index >= 15 is 0 Å². The van der Waals surface area contributed by atoms with E-state index in [9.17, 15) is 4.79 Å². The van der Waals surface area contributed by atoms with E-state index in [0.29, 0.717) is 45.3 Å². The number of aromatic nitrogens is 4. The van der Waals surface area contributed by atoms with Crippen LogP contribution in [0.5, 0.6) is 0 Å². The number of pyridine rings is 1. The number of amides is 1. The van der Waals surface area contributed by atoms with Gasteiger partial charge in [-0.15, -0.1) is 0 Å². The van der Waals surface area contributed by atoms with Crippen LogP contribution in [0.25, 0.3) is 33.6 Å². The van der Waals surface area contributed by atoms with E-state index in [1.54, 1.807) is 31.4 Å². The highest BCUT2D eigenvalue weighted by Gasteiger charge is 2.24. The van der Waals surface area contributed by atoms with Crippen molar-refractivity contribution >= 4 is 39.7 Å². The molecule has 1 amide bonds. The van der Waals surface area contributed by atoms with Gasteiger partial charge < -0.3 is 19.2 Å². The molecule has 6 rings (SSSR count). The smallest absolute Gasteiger partial charge is 0.259 e. The summed E-state index contributed by atoms with van der Waals surface area (Å²) in [4.78, 5) is 29.8. The molecule has 0 aliphatic carbocycles. The minimum atomic E-state index is -0.341. The third-order valence-corrected chi connectivity index (χ3v) is 5.83. The van der Waals surface area contributed by atoms with E-state index in [-0.39, 0.29) is 11.6 Å². The van der Waals surface area contributed by atoms with E-state index in [4.69, 9.17) is 18.9 Å². The summed E-state index contributed by atoms with van der Waals surface area (Å²) in [7, 11) is 0. The van der Waals surface area contributed by atoms with Crippen LogP contribution in [0.2, 0.25) is 0 Å². The van der Waals surface area contributed by atoms with Gasteiger partial charge in [0.15, 0.2) is 17.4 Å². The maximum atomic E-state index is 13.6. The number of aryl methyl sites for hydroxylation is 1. The van der Waals surface area contributed by atoms with Crippen LogP contribution >= 0.6 is 0 Å². The second kappa shape index (κ2) is 7.70. The summed E-state index contributed by atoms with van der Waals surface area (Å²) in [6, 6.07) is 12.9. The van der Waals surface area contributed by atoms with Crippen LogP contribution in [0.15, 0.2) is 57.7 Å². The molecular formula is C24H20N6O3. The van der Waals surface area contributed by atoms with Crippen LogP contribution < -0.4 is 10.2 Å². The lowest BCUT2D eigenvalue weighted by Crippen LogP contribution is -2.23. The number of carbonyl (C=O) groups is 1. The lowest BCUT2D eigenvalue weighted by Gasteiger charge is -2.20. The molecule has 1 aromatic carbocycles. The lowest BCUT2D eigenvalue weighted by atomic mass is 10.1. The first-order valence-electron chi connectivity index (χ1n) is 10.8. The first kappa shape index (κ1) is 19.4. The topological polar surface area (TPSA) is 110 Å². The zero-order valence-electron chi connectivity index (χ0n) is 17.9. The third-order valence-electron chi connectivity index (χ3n) is 5.83. The molecule has 0 spiro atoms. The number of fused-ring (bicyclic) bond motifs is 2. The molecule has 1 N–H and O–H groups in total. The summed E-state index contributed by atoms with van der Waals surface area (Å²) in [6.45, 7) is 3.54. The van der Waals surface area contributed by atoms with Crippen molar-refractivity contribution in [1.29, 1.82) is 0 Å². The Morgan fingerprint density at radius 2 is 1.82 bits per heavy atom.